The zero-order chi connectivity index (χ0) is 14.7. The highest BCUT2D eigenvalue weighted by Crippen LogP contribution is 2.25. The highest BCUT2D eigenvalue weighted by atomic mass is 16.5. The van der Waals surface area contributed by atoms with Crippen molar-refractivity contribution in [2.75, 3.05) is 26.0 Å². The van der Waals surface area contributed by atoms with Crippen LogP contribution < -0.4 is 11.1 Å². The summed E-state index contributed by atoms with van der Waals surface area (Å²) in [5.74, 6) is 0.432. The maximum absolute atomic E-state index is 11.7. The van der Waals surface area contributed by atoms with Gasteiger partial charge in [-0.05, 0) is 25.5 Å². The van der Waals surface area contributed by atoms with E-state index in [2.05, 4.69) is 15.5 Å². The van der Waals surface area contributed by atoms with Gasteiger partial charge in [-0.1, -0.05) is 0 Å². The Labute approximate surface area is 118 Å². The van der Waals surface area contributed by atoms with E-state index in [9.17, 15) is 4.79 Å². The summed E-state index contributed by atoms with van der Waals surface area (Å²) in [6.45, 7) is 2.62. The van der Waals surface area contributed by atoms with Gasteiger partial charge in [-0.25, -0.2) is 0 Å². The number of hydrogen-bond donors (Lipinski definition) is 2. The third kappa shape index (κ3) is 3.05. The van der Waals surface area contributed by atoms with Crippen molar-refractivity contribution in [2.45, 2.75) is 31.5 Å². The zero-order valence-corrected chi connectivity index (χ0v) is 12.0. The smallest absolute Gasteiger partial charge is 0.273 e. The number of nitrogens with two attached hydrogens (primary N) is 1. The monoisotopic (exact) mass is 279 g/mol. The largest absolute Gasteiger partial charge is 0.376 e. The maximum Gasteiger partial charge on any atom is 0.273 e. The SMILES string of the molecule is CCOC1CC(N)C1Nc1ccc(C(=O)N(C)C)nn1. The molecule has 1 aromatic heterocycles. The molecule has 1 amide bonds. The first kappa shape index (κ1) is 14.7. The lowest BCUT2D eigenvalue weighted by atomic mass is 9.83. The van der Waals surface area contributed by atoms with Crippen molar-refractivity contribution in [2.24, 2.45) is 5.73 Å². The van der Waals surface area contributed by atoms with E-state index in [0.717, 1.165) is 6.42 Å². The molecule has 3 unspecified atom stereocenters. The van der Waals surface area contributed by atoms with Gasteiger partial charge in [0.05, 0.1) is 12.1 Å². The molecule has 1 aromatic rings. The molecule has 0 spiro atoms. The molecule has 20 heavy (non-hydrogen) atoms. The Balaban J connectivity index is 1.98. The summed E-state index contributed by atoms with van der Waals surface area (Å²) in [4.78, 5) is 13.2. The van der Waals surface area contributed by atoms with Crippen molar-refractivity contribution in [3.8, 4) is 0 Å². The van der Waals surface area contributed by atoms with Crippen LogP contribution in [0.2, 0.25) is 0 Å². The minimum atomic E-state index is -0.170. The number of aromatic nitrogens is 2. The van der Waals surface area contributed by atoms with Gasteiger partial charge < -0.3 is 20.7 Å². The molecule has 3 N–H and O–H groups in total. The van der Waals surface area contributed by atoms with Gasteiger partial charge in [0.1, 0.15) is 5.82 Å². The summed E-state index contributed by atoms with van der Waals surface area (Å²) in [6, 6.07) is 3.48. The lowest BCUT2D eigenvalue weighted by molar-refractivity contribution is -0.0127. The number of anilines is 1. The topological polar surface area (TPSA) is 93.4 Å². The minimum absolute atomic E-state index is 0.0413. The van der Waals surface area contributed by atoms with Crippen LogP contribution >= 0.6 is 0 Å². The van der Waals surface area contributed by atoms with Crippen molar-refractivity contribution in [1.82, 2.24) is 15.1 Å². The standard InChI is InChI=1S/C13H21N5O2/c1-4-20-10-7-8(14)12(10)15-11-6-5-9(16-17-11)13(19)18(2)3/h5-6,8,10,12H,4,7,14H2,1-3H3,(H,15,17). The molecule has 110 valence electrons. The Kier molecular flexibility index (Phi) is 4.51. The molecule has 0 aliphatic heterocycles. The molecule has 1 aliphatic carbocycles. The average molecular weight is 279 g/mol. The molecule has 1 aliphatic rings. The van der Waals surface area contributed by atoms with Crippen molar-refractivity contribution in [1.29, 1.82) is 0 Å². The van der Waals surface area contributed by atoms with E-state index < -0.39 is 0 Å². The van der Waals surface area contributed by atoms with Gasteiger partial charge in [-0.15, -0.1) is 10.2 Å². The van der Waals surface area contributed by atoms with Crippen molar-refractivity contribution in [3.05, 3.63) is 17.8 Å². The van der Waals surface area contributed by atoms with Crippen molar-refractivity contribution >= 4 is 11.7 Å². The van der Waals surface area contributed by atoms with Crippen LogP contribution in [0.4, 0.5) is 5.82 Å². The summed E-state index contributed by atoms with van der Waals surface area (Å²) in [5, 5.41) is 11.1. The lowest BCUT2D eigenvalue weighted by Crippen LogP contribution is -2.60. The molecule has 1 fully saturated rings. The van der Waals surface area contributed by atoms with E-state index >= 15 is 0 Å². The van der Waals surface area contributed by atoms with Crippen LogP contribution in [-0.2, 0) is 4.74 Å². The van der Waals surface area contributed by atoms with Crippen LogP contribution in [0, 0.1) is 0 Å². The molecule has 3 atom stereocenters. The van der Waals surface area contributed by atoms with Gasteiger partial charge in [0, 0.05) is 26.7 Å². The van der Waals surface area contributed by atoms with E-state index in [1.165, 1.54) is 4.90 Å². The van der Waals surface area contributed by atoms with Gasteiger partial charge in [-0.3, -0.25) is 4.79 Å². The van der Waals surface area contributed by atoms with Crippen molar-refractivity contribution < 1.29 is 9.53 Å². The van der Waals surface area contributed by atoms with Crippen LogP contribution in [0.25, 0.3) is 0 Å². The Morgan fingerprint density at radius 2 is 2.25 bits per heavy atom. The fourth-order valence-electron chi connectivity index (χ4n) is 2.15. The molecule has 0 aromatic carbocycles. The molecule has 7 nitrogen and oxygen atoms in total. The first-order chi connectivity index (χ1) is 9.52. The number of carbonyl (C=O) groups excluding carboxylic acids is 1. The number of rotatable bonds is 5. The molecular formula is C13H21N5O2. The predicted molar refractivity (Wildman–Crippen MR) is 75.5 cm³/mol. The summed E-state index contributed by atoms with van der Waals surface area (Å²) < 4.78 is 5.57. The second kappa shape index (κ2) is 6.15. The molecule has 1 heterocycles. The van der Waals surface area contributed by atoms with Crippen LogP contribution in [0.3, 0.4) is 0 Å². The van der Waals surface area contributed by atoms with E-state index in [1.54, 1.807) is 26.2 Å². The van der Waals surface area contributed by atoms with Gasteiger partial charge >= 0.3 is 0 Å². The molecular weight excluding hydrogens is 258 g/mol. The number of ether oxygens (including phenoxy) is 1. The Morgan fingerprint density at radius 1 is 1.50 bits per heavy atom. The molecule has 2 rings (SSSR count). The van der Waals surface area contributed by atoms with Crippen molar-refractivity contribution in [3.63, 3.8) is 0 Å². The number of amides is 1. The molecule has 0 radical (unpaired) electrons. The van der Waals surface area contributed by atoms with Gasteiger partial charge in [0.15, 0.2) is 5.69 Å². The van der Waals surface area contributed by atoms with Crippen LogP contribution in [-0.4, -0.2) is 59.9 Å². The molecule has 7 heteroatoms. The van der Waals surface area contributed by atoms with Crippen LogP contribution in [0.5, 0.6) is 0 Å². The van der Waals surface area contributed by atoms with Crippen LogP contribution in [0.1, 0.15) is 23.8 Å². The van der Waals surface area contributed by atoms with E-state index in [4.69, 9.17) is 10.5 Å². The molecule has 0 bridgehead atoms. The third-order valence-electron chi connectivity index (χ3n) is 3.35. The third-order valence-corrected chi connectivity index (χ3v) is 3.35. The Bertz CT molecular complexity index is 460. The summed E-state index contributed by atoms with van der Waals surface area (Å²) in [5.41, 5.74) is 6.28. The Morgan fingerprint density at radius 3 is 2.75 bits per heavy atom. The summed E-state index contributed by atoms with van der Waals surface area (Å²) in [7, 11) is 3.35. The van der Waals surface area contributed by atoms with Gasteiger partial charge in [0.25, 0.3) is 5.91 Å². The number of hydrogen-bond acceptors (Lipinski definition) is 6. The predicted octanol–water partition coefficient (Wildman–Crippen LogP) is 0.0950. The average Bonchev–Trinajstić information content (AvgIpc) is 2.44. The number of nitrogens with zero attached hydrogens (tertiary/aromatic N) is 3. The zero-order valence-electron chi connectivity index (χ0n) is 12.0. The fraction of sp³-hybridized carbons (Fsp3) is 0.615. The van der Waals surface area contributed by atoms with Gasteiger partial charge in [0.2, 0.25) is 0 Å². The molecule has 0 saturated heterocycles. The number of nitrogens with one attached hydrogen (secondary N) is 1. The normalized spacial score (nSPS) is 24.9. The quantitative estimate of drug-likeness (QED) is 0.793. The van der Waals surface area contributed by atoms with Crippen LogP contribution in [0.15, 0.2) is 12.1 Å². The highest BCUT2D eigenvalue weighted by molar-refractivity contribution is 5.91. The second-order valence-corrected chi connectivity index (χ2v) is 5.07. The maximum atomic E-state index is 11.7. The van der Waals surface area contributed by atoms with E-state index in [-0.39, 0.29) is 24.1 Å². The lowest BCUT2D eigenvalue weighted by Gasteiger charge is -2.42. The molecule has 1 saturated carbocycles. The van der Waals surface area contributed by atoms with E-state index in [1.807, 2.05) is 6.92 Å². The van der Waals surface area contributed by atoms with Gasteiger partial charge in [-0.2, -0.15) is 0 Å². The summed E-state index contributed by atoms with van der Waals surface area (Å²) in [6.07, 6.45) is 0.954. The summed E-state index contributed by atoms with van der Waals surface area (Å²) >= 11 is 0. The fourth-order valence-corrected chi connectivity index (χ4v) is 2.15. The van der Waals surface area contributed by atoms with E-state index in [0.29, 0.717) is 18.1 Å². The second-order valence-electron chi connectivity index (χ2n) is 5.07. The first-order valence-electron chi connectivity index (χ1n) is 6.72. The number of carbonyl (C=O) groups is 1. The highest BCUT2D eigenvalue weighted by Gasteiger charge is 2.39. The Hall–Kier alpha value is -1.73. The first-order valence-corrected chi connectivity index (χ1v) is 6.72. The minimum Gasteiger partial charge on any atom is -0.376 e.